The van der Waals surface area contributed by atoms with E-state index in [0.717, 1.165) is 13.1 Å². The first-order valence-electron chi connectivity index (χ1n) is 7.76. The van der Waals surface area contributed by atoms with Crippen molar-refractivity contribution in [3.8, 4) is 0 Å². The Morgan fingerprint density at radius 2 is 1.96 bits per heavy atom. The van der Waals surface area contributed by atoms with E-state index in [1.807, 2.05) is 18.2 Å². The summed E-state index contributed by atoms with van der Waals surface area (Å²) in [5.41, 5.74) is 1.85. The summed E-state index contributed by atoms with van der Waals surface area (Å²) >= 11 is 0. The normalized spacial score (nSPS) is 12.0. The maximum atomic E-state index is 11.9. The van der Waals surface area contributed by atoms with Crippen LogP contribution in [0.4, 0.5) is 5.82 Å². The highest BCUT2D eigenvalue weighted by atomic mass is 16.1. The molecule has 1 heterocycles. The standard InChI is InChI=1S/C18H24N4O/c1-14(12-22(3)13-15-8-5-4-6-9-15)21-17-16(18(23)19-2)10-7-11-20-17/h4-11,14H,12-13H2,1-3H3,(H,19,23)(H,20,21). The largest absolute Gasteiger partial charge is 0.366 e. The fourth-order valence-corrected chi connectivity index (χ4v) is 2.54. The summed E-state index contributed by atoms with van der Waals surface area (Å²) in [5, 5.41) is 5.97. The third kappa shape index (κ3) is 5.07. The molecule has 2 rings (SSSR count). The van der Waals surface area contributed by atoms with Crippen LogP contribution in [0.1, 0.15) is 22.8 Å². The lowest BCUT2D eigenvalue weighted by Crippen LogP contribution is -2.33. The van der Waals surface area contributed by atoms with E-state index >= 15 is 0 Å². The summed E-state index contributed by atoms with van der Waals surface area (Å²) in [6.07, 6.45) is 1.69. The van der Waals surface area contributed by atoms with Gasteiger partial charge in [-0.2, -0.15) is 0 Å². The minimum absolute atomic E-state index is 0.134. The van der Waals surface area contributed by atoms with Gasteiger partial charge in [0.05, 0.1) is 5.56 Å². The Hall–Kier alpha value is -2.40. The third-order valence-corrected chi connectivity index (χ3v) is 3.54. The maximum Gasteiger partial charge on any atom is 0.254 e. The van der Waals surface area contributed by atoms with E-state index in [-0.39, 0.29) is 11.9 Å². The van der Waals surface area contributed by atoms with Gasteiger partial charge in [0.2, 0.25) is 0 Å². The first-order chi connectivity index (χ1) is 11.1. The average Bonchev–Trinajstić information content (AvgIpc) is 2.55. The van der Waals surface area contributed by atoms with E-state index in [0.29, 0.717) is 11.4 Å². The van der Waals surface area contributed by atoms with Gasteiger partial charge in [-0.05, 0) is 31.7 Å². The van der Waals surface area contributed by atoms with Crippen molar-refractivity contribution < 1.29 is 4.79 Å². The van der Waals surface area contributed by atoms with Gasteiger partial charge < -0.3 is 15.5 Å². The lowest BCUT2D eigenvalue weighted by molar-refractivity contribution is 0.0963. The molecule has 5 heteroatoms. The van der Waals surface area contributed by atoms with Crippen LogP contribution in [0, 0.1) is 0 Å². The fraction of sp³-hybridized carbons (Fsp3) is 0.333. The van der Waals surface area contributed by atoms with Gasteiger partial charge in [-0.3, -0.25) is 4.79 Å². The molecule has 1 aromatic carbocycles. The van der Waals surface area contributed by atoms with Crippen LogP contribution < -0.4 is 10.6 Å². The zero-order chi connectivity index (χ0) is 16.7. The molecule has 0 fully saturated rings. The van der Waals surface area contributed by atoms with Gasteiger partial charge in [-0.25, -0.2) is 4.98 Å². The van der Waals surface area contributed by atoms with Gasteiger partial charge in [0.15, 0.2) is 0 Å². The van der Waals surface area contributed by atoms with Crippen molar-refractivity contribution in [1.29, 1.82) is 0 Å². The number of carbonyl (C=O) groups is 1. The Morgan fingerprint density at radius 3 is 2.65 bits per heavy atom. The van der Waals surface area contributed by atoms with E-state index in [4.69, 9.17) is 0 Å². The second kappa shape index (κ2) is 8.29. The van der Waals surface area contributed by atoms with Crippen molar-refractivity contribution in [3.05, 3.63) is 59.8 Å². The molecule has 0 aliphatic carbocycles. The quantitative estimate of drug-likeness (QED) is 0.824. The molecule has 0 radical (unpaired) electrons. The van der Waals surface area contributed by atoms with Crippen molar-refractivity contribution in [1.82, 2.24) is 15.2 Å². The zero-order valence-corrected chi connectivity index (χ0v) is 13.9. The Balaban J connectivity index is 1.94. The number of carbonyl (C=O) groups excluding carboxylic acids is 1. The van der Waals surface area contributed by atoms with Crippen molar-refractivity contribution in [2.24, 2.45) is 0 Å². The van der Waals surface area contributed by atoms with Crippen LogP contribution in [0.3, 0.4) is 0 Å². The highest BCUT2D eigenvalue weighted by molar-refractivity contribution is 5.98. The number of hydrogen-bond donors (Lipinski definition) is 2. The lowest BCUT2D eigenvalue weighted by atomic mass is 10.2. The SMILES string of the molecule is CNC(=O)c1cccnc1NC(C)CN(C)Cc1ccccc1. The number of nitrogens with one attached hydrogen (secondary N) is 2. The summed E-state index contributed by atoms with van der Waals surface area (Å²) in [6, 6.07) is 14.1. The van der Waals surface area contributed by atoms with Crippen LogP contribution in [0.5, 0.6) is 0 Å². The van der Waals surface area contributed by atoms with Crippen molar-refractivity contribution >= 4 is 11.7 Å². The Kier molecular flexibility index (Phi) is 6.11. The Bertz CT molecular complexity index is 630. The van der Waals surface area contributed by atoms with Crippen molar-refractivity contribution in [3.63, 3.8) is 0 Å². The number of hydrogen-bond acceptors (Lipinski definition) is 4. The van der Waals surface area contributed by atoms with Crippen molar-refractivity contribution in [2.45, 2.75) is 19.5 Å². The van der Waals surface area contributed by atoms with Crippen LogP contribution in [0.2, 0.25) is 0 Å². The van der Waals surface area contributed by atoms with Crippen LogP contribution in [0.25, 0.3) is 0 Å². The van der Waals surface area contributed by atoms with Gasteiger partial charge in [0.1, 0.15) is 5.82 Å². The van der Waals surface area contributed by atoms with Gasteiger partial charge in [0.25, 0.3) is 5.91 Å². The average molecular weight is 312 g/mol. The maximum absolute atomic E-state index is 11.9. The summed E-state index contributed by atoms with van der Waals surface area (Å²) < 4.78 is 0. The third-order valence-electron chi connectivity index (χ3n) is 3.54. The number of likely N-dealkylation sites (N-methyl/N-ethyl adjacent to an activating group) is 1. The molecule has 1 atom stereocenters. The fourth-order valence-electron chi connectivity index (χ4n) is 2.54. The molecular weight excluding hydrogens is 288 g/mol. The first-order valence-corrected chi connectivity index (χ1v) is 7.76. The van der Waals surface area contributed by atoms with Gasteiger partial charge in [-0.1, -0.05) is 30.3 Å². The number of pyridine rings is 1. The van der Waals surface area contributed by atoms with Crippen LogP contribution in [-0.2, 0) is 6.54 Å². The Labute approximate surface area is 137 Å². The molecule has 1 amide bonds. The number of nitrogens with zero attached hydrogens (tertiary/aromatic N) is 2. The molecule has 0 aliphatic heterocycles. The summed E-state index contributed by atoms with van der Waals surface area (Å²) in [4.78, 5) is 18.4. The topological polar surface area (TPSA) is 57.3 Å². The zero-order valence-electron chi connectivity index (χ0n) is 13.9. The lowest BCUT2D eigenvalue weighted by Gasteiger charge is -2.23. The molecular formula is C18H24N4O. The van der Waals surface area contributed by atoms with E-state index in [9.17, 15) is 4.79 Å². The monoisotopic (exact) mass is 312 g/mol. The molecule has 0 aliphatic rings. The number of anilines is 1. The molecule has 0 saturated carbocycles. The number of rotatable bonds is 7. The van der Waals surface area contributed by atoms with Crippen LogP contribution in [0.15, 0.2) is 48.7 Å². The van der Waals surface area contributed by atoms with Gasteiger partial charge in [0, 0.05) is 32.4 Å². The molecule has 1 aromatic heterocycles. The van der Waals surface area contributed by atoms with Crippen LogP contribution >= 0.6 is 0 Å². The summed E-state index contributed by atoms with van der Waals surface area (Å²) in [6.45, 7) is 3.82. The van der Waals surface area contributed by atoms with Crippen molar-refractivity contribution in [2.75, 3.05) is 26.0 Å². The molecule has 122 valence electrons. The molecule has 0 bridgehead atoms. The minimum atomic E-state index is -0.134. The number of benzene rings is 1. The second-order valence-corrected chi connectivity index (χ2v) is 5.71. The molecule has 5 nitrogen and oxygen atoms in total. The highest BCUT2D eigenvalue weighted by Gasteiger charge is 2.13. The molecule has 23 heavy (non-hydrogen) atoms. The predicted octanol–water partition coefficient (Wildman–Crippen LogP) is 2.37. The summed E-state index contributed by atoms with van der Waals surface area (Å²) in [5.74, 6) is 0.484. The Morgan fingerprint density at radius 1 is 1.22 bits per heavy atom. The van der Waals surface area contributed by atoms with E-state index in [1.165, 1.54) is 5.56 Å². The number of aromatic nitrogens is 1. The van der Waals surface area contributed by atoms with E-state index in [1.54, 1.807) is 25.4 Å². The smallest absolute Gasteiger partial charge is 0.254 e. The molecule has 0 saturated heterocycles. The first kappa shape index (κ1) is 17.0. The van der Waals surface area contributed by atoms with Crippen LogP contribution in [-0.4, -0.2) is 42.5 Å². The predicted molar refractivity (Wildman–Crippen MR) is 93.5 cm³/mol. The molecule has 2 N–H and O–H groups in total. The molecule has 2 aromatic rings. The summed E-state index contributed by atoms with van der Waals surface area (Å²) in [7, 11) is 3.71. The second-order valence-electron chi connectivity index (χ2n) is 5.71. The van der Waals surface area contributed by atoms with E-state index < -0.39 is 0 Å². The highest BCUT2D eigenvalue weighted by Crippen LogP contribution is 2.13. The van der Waals surface area contributed by atoms with Gasteiger partial charge in [-0.15, -0.1) is 0 Å². The van der Waals surface area contributed by atoms with Gasteiger partial charge >= 0.3 is 0 Å². The number of amides is 1. The molecule has 1 unspecified atom stereocenters. The molecule has 0 spiro atoms. The van der Waals surface area contributed by atoms with E-state index in [2.05, 4.69) is 46.6 Å². The minimum Gasteiger partial charge on any atom is -0.366 e.